The summed E-state index contributed by atoms with van der Waals surface area (Å²) in [6, 6.07) is 24.3. The molecule has 4 aromatic rings. The largest absolute Gasteiger partial charge is 0.315 e. The smallest absolute Gasteiger partial charge is 0.258 e. The molecule has 1 heterocycles. The van der Waals surface area contributed by atoms with Crippen molar-refractivity contribution < 1.29 is 4.39 Å². The third-order valence-electron chi connectivity index (χ3n) is 4.64. The first kappa shape index (κ1) is 16.3. The third-order valence-corrected chi connectivity index (χ3v) is 4.64. The Kier molecular flexibility index (Phi) is 4.36. The fourth-order valence-corrected chi connectivity index (χ4v) is 3.18. The van der Waals surface area contributed by atoms with Crippen LogP contribution < -0.4 is 5.56 Å². The Balaban J connectivity index is 1.64. The van der Waals surface area contributed by atoms with E-state index < -0.39 is 0 Å². The van der Waals surface area contributed by atoms with Crippen LogP contribution >= 0.6 is 0 Å². The zero-order chi connectivity index (χ0) is 17.9. The van der Waals surface area contributed by atoms with E-state index >= 15 is 0 Å². The van der Waals surface area contributed by atoms with E-state index in [0.29, 0.717) is 11.9 Å². The molecule has 0 bridgehead atoms. The second kappa shape index (κ2) is 6.96. The Morgan fingerprint density at radius 2 is 1.54 bits per heavy atom. The molecule has 3 heteroatoms. The van der Waals surface area contributed by atoms with Crippen molar-refractivity contribution >= 4 is 10.8 Å². The predicted octanol–water partition coefficient (Wildman–Crippen LogP) is 5.05. The molecule has 4 rings (SSSR count). The van der Waals surface area contributed by atoms with Gasteiger partial charge >= 0.3 is 0 Å². The highest BCUT2D eigenvalue weighted by atomic mass is 19.1. The Morgan fingerprint density at radius 3 is 2.31 bits per heavy atom. The van der Waals surface area contributed by atoms with Crippen molar-refractivity contribution in [1.82, 2.24) is 4.57 Å². The zero-order valence-corrected chi connectivity index (χ0v) is 14.2. The van der Waals surface area contributed by atoms with Gasteiger partial charge < -0.3 is 4.57 Å². The number of fused-ring (bicyclic) bond motifs is 1. The summed E-state index contributed by atoms with van der Waals surface area (Å²) in [7, 11) is 0. The molecule has 0 aliphatic rings. The van der Waals surface area contributed by atoms with Gasteiger partial charge in [0.2, 0.25) is 0 Å². The van der Waals surface area contributed by atoms with E-state index in [1.165, 1.54) is 17.7 Å². The molecular formula is C23H18FNO. The van der Waals surface area contributed by atoms with E-state index in [-0.39, 0.29) is 11.4 Å². The lowest BCUT2D eigenvalue weighted by Crippen LogP contribution is -2.20. The van der Waals surface area contributed by atoms with Gasteiger partial charge in [-0.2, -0.15) is 0 Å². The van der Waals surface area contributed by atoms with Crippen molar-refractivity contribution in [3.63, 3.8) is 0 Å². The van der Waals surface area contributed by atoms with E-state index in [1.807, 2.05) is 48.7 Å². The van der Waals surface area contributed by atoms with E-state index in [9.17, 15) is 9.18 Å². The number of rotatable bonds is 4. The van der Waals surface area contributed by atoms with E-state index in [4.69, 9.17) is 0 Å². The van der Waals surface area contributed by atoms with E-state index in [0.717, 1.165) is 22.9 Å². The molecule has 0 saturated carbocycles. The molecule has 0 aliphatic heterocycles. The molecule has 2 nitrogen and oxygen atoms in total. The van der Waals surface area contributed by atoms with Crippen molar-refractivity contribution in [1.29, 1.82) is 0 Å². The summed E-state index contributed by atoms with van der Waals surface area (Å²) in [6.45, 7) is 0.651. The normalized spacial score (nSPS) is 11.0. The van der Waals surface area contributed by atoms with Gasteiger partial charge in [0, 0.05) is 18.1 Å². The maximum Gasteiger partial charge on any atom is 0.258 e. The molecule has 3 aromatic carbocycles. The van der Waals surface area contributed by atoms with E-state index in [1.54, 1.807) is 16.7 Å². The van der Waals surface area contributed by atoms with Gasteiger partial charge in [0.25, 0.3) is 5.56 Å². The molecule has 0 aliphatic carbocycles. The van der Waals surface area contributed by atoms with Crippen LogP contribution in [0.1, 0.15) is 5.56 Å². The lowest BCUT2D eigenvalue weighted by atomic mass is 10.0. The summed E-state index contributed by atoms with van der Waals surface area (Å²) in [6.07, 6.45) is 2.67. The van der Waals surface area contributed by atoms with Crippen LogP contribution in [0.25, 0.3) is 21.9 Å². The SMILES string of the molecule is O=c1c2ccc(-c3ccc(F)cc3)cc2ccn1CCc1ccccc1. The van der Waals surface area contributed by atoms with Crippen LogP contribution in [0.15, 0.2) is 89.9 Å². The molecule has 0 atom stereocenters. The van der Waals surface area contributed by atoms with Gasteiger partial charge in [0.05, 0.1) is 0 Å². The molecule has 0 unspecified atom stereocenters. The highest BCUT2D eigenvalue weighted by molar-refractivity contribution is 5.86. The molecule has 128 valence electrons. The van der Waals surface area contributed by atoms with Gasteiger partial charge in [0.1, 0.15) is 5.82 Å². The fourth-order valence-electron chi connectivity index (χ4n) is 3.18. The highest BCUT2D eigenvalue weighted by Crippen LogP contribution is 2.23. The first-order valence-corrected chi connectivity index (χ1v) is 8.64. The number of halogens is 1. The summed E-state index contributed by atoms with van der Waals surface area (Å²) in [5.41, 5.74) is 3.13. The summed E-state index contributed by atoms with van der Waals surface area (Å²) < 4.78 is 14.9. The summed E-state index contributed by atoms with van der Waals surface area (Å²) in [4.78, 5) is 12.8. The molecule has 0 amide bonds. The second-order valence-electron chi connectivity index (χ2n) is 6.36. The lowest BCUT2D eigenvalue weighted by Gasteiger charge is -2.09. The summed E-state index contributed by atoms with van der Waals surface area (Å²) >= 11 is 0. The molecule has 1 aromatic heterocycles. The maximum absolute atomic E-state index is 13.1. The monoisotopic (exact) mass is 343 g/mol. The minimum Gasteiger partial charge on any atom is -0.315 e. The van der Waals surface area contributed by atoms with Gasteiger partial charge in [-0.05, 0) is 58.8 Å². The summed E-state index contributed by atoms with van der Waals surface area (Å²) in [5.74, 6) is -0.254. The molecule has 0 N–H and O–H groups in total. The fraction of sp³-hybridized carbons (Fsp3) is 0.0870. The van der Waals surface area contributed by atoms with Crippen LogP contribution in [0.5, 0.6) is 0 Å². The second-order valence-corrected chi connectivity index (χ2v) is 6.36. The minimum atomic E-state index is -0.254. The quantitative estimate of drug-likeness (QED) is 0.508. The molecule has 26 heavy (non-hydrogen) atoms. The number of nitrogens with zero attached hydrogens (tertiary/aromatic N) is 1. The van der Waals surface area contributed by atoms with Gasteiger partial charge in [-0.1, -0.05) is 48.5 Å². The Bertz CT molecular complexity index is 1100. The molecular weight excluding hydrogens is 325 g/mol. The van der Waals surface area contributed by atoms with Crippen molar-refractivity contribution in [2.45, 2.75) is 13.0 Å². The van der Waals surface area contributed by atoms with Crippen molar-refractivity contribution in [2.75, 3.05) is 0 Å². The number of aromatic nitrogens is 1. The Hall–Kier alpha value is -3.20. The average Bonchev–Trinajstić information content (AvgIpc) is 2.69. The van der Waals surface area contributed by atoms with Crippen LogP contribution in [-0.4, -0.2) is 4.57 Å². The molecule has 0 radical (unpaired) electrons. The minimum absolute atomic E-state index is 0.0177. The Labute approximate surface area is 151 Å². The van der Waals surface area contributed by atoms with Crippen LogP contribution in [0.3, 0.4) is 0 Å². The van der Waals surface area contributed by atoms with Crippen LogP contribution in [0.2, 0.25) is 0 Å². The van der Waals surface area contributed by atoms with Gasteiger partial charge in [0.15, 0.2) is 0 Å². The van der Waals surface area contributed by atoms with Crippen molar-refractivity contribution in [2.24, 2.45) is 0 Å². The number of pyridine rings is 1. The topological polar surface area (TPSA) is 22.0 Å². The lowest BCUT2D eigenvalue weighted by molar-refractivity contribution is 0.628. The zero-order valence-electron chi connectivity index (χ0n) is 14.2. The van der Waals surface area contributed by atoms with Crippen molar-refractivity contribution in [3.8, 4) is 11.1 Å². The highest BCUT2D eigenvalue weighted by Gasteiger charge is 2.06. The van der Waals surface area contributed by atoms with Crippen LogP contribution in [0, 0.1) is 5.82 Å². The van der Waals surface area contributed by atoms with Crippen molar-refractivity contribution in [3.05, 3.63) is 107 Å². The van der Waals surface area contributed by atoms with Gasteiger partial charge in [-0.15, -0.1) is 0 Å². The Morgan fingerprint density at radius 1 is 0.808 bits per heavy atom. The third kappa shape index (κ3) is 3.29. The average molecular weight is 343 g/mol. The summed E-state index contributed by atoms with van der Waals surface area (Å²) in [5, 5.41) is 1.60. The number of hydrogen-bond donors (Lipinski definition) is 0. The predicted molar refractivity (Wildman–Crippen MR) is 104 cm³/mol. The van der Waals surface area contributed by atoms with Crippen LogP contribution in [0.4, 0.5) is 4.39 Å². The van der Waals surface area contributed by atoms with E-state index in [2.05, 4.69) is 12.1 Å². The molecule has 0 spiro atoms. The van der Waals surface area contributed by atoms with Gasteiger partial charge in [-0.25, -0.2) is 4.39 Å². The first-order valence-electron chi connectivity index (χ1n) is 8.64. The number of benzene rings is 3. The first-order chi connectivity index (χ1) is 12.7. The number of hydrogen-bond acceptors (Lipinski definition) is 1. The standard InChI is InChI=1S/C23H18FNO/c24-21-9-6-18(7-10-21)19-8-11-22-20(16-19)13-15-25(23(22)26)14-12-17-4-2-1-3-5-17/h1-11,13,15-16H,12,14H2. The maximum atomic E-state index is 13.1. The number of aryl methyl sites for hydroxylation is 2. The van der Waals surface area contributed by atoms with Gasteiger partial charge in [-0.3, -0.25) is 4.79 Å². The molecule has 0 fully saturated rings. The molecule has 0 saturated heterocycles. The van der Waals surface area contributed by atoms with Crippen LogP contribution in [-0.2, 0) is 13.0 Å².